The van der Waals surface area contributed by atoms with E-state index in [1.807, 2.05) is 6.92 Å². The van der Waals surface area contributed by atoms with Gasteiger partial charge >= 0.3 is 0 Å². The van der Waals surface area contributed by atoms with Gasteiger partial charge in [-0.3, -0.25) is 4.79 Å². The van der Waals surface area contributed by atoms with E-state index in [4.69, 9.17) is 15.7 Å². The molecule has 0 aliphatic rings. The highest BCUT2D eigenvalue weighted by Crippen LogP contribution is 2.05. The number of carbonyl (C=O) groups is 1. The number of amides is 1. The summed E-state index contributed by atoms with van der Waals surface area (Å²) in [7, 11) is 3.24. The average Bonchev–Trinajstić information content (AvgIpc) is 2.32. The predicted molar refractivity (Wildman–Crippen MR) is 61.3 cm³/mol. The van der Waals surface area contributed by atoms with Gasteiger partial charge in [-0.2, -0.15) is 0 Å². The highest BCUT2D eigenvalue weighted by Gasteiger charge is 2.19. The first-order chi connectivity index (χ1) is 7.43. The summed E-state index contributed by atoms with van der Waals surface area (Å²) >= 11 is 0. The molecule has 2 atom stereocenters. The van der Waals surface area contributed by atoms with Gasteiger partial charge in [0.15, 0.2) is 5.84 Å². The largest absolute Gasteiger partial charge is 0.409 e. The van der Waals surface area contributed by atoms with Crippen LogP contribution in [-0.4, -0.2) is 48.2 Å². The smallest absolute Gasteiger partial charge is 0.223 e. The van der Waals surface area contributed by atoms with Gasteiger partial charge in [0, 0.05) is 20.6 Å². The molecule has 16 heavy (non-hydrogen) atoms. The lowest BCUT2D eigenvalue weighted by molar-refractivity contribution is -0.131. The third kappa shape index (κ3) is 4.48. The Morgan fingerprint density at radius 3 is 2.56 bits per heavy atom. The molecule has 1 amide bonds. The molecule has 0 radical (unpaired) electrons. The van der Waals surface area contributed by atoms with E-state index in [-0.39, 0.29) is 17.8 Å². The monoisotopic (exact) mass is 231 g/mol. The third-order valence-corrected chi connectivity index (χ3v) is 2.68. The van der Waals surface area contributed by atoms with E-state index in [1.54, 1.807) is 21.1 Å². The fourth-order valence-corrected chi connectivity index (χ4v) is 1.12. The first-order valence-electron chi connectivity index (χ1n) is 5.19. The normalized spacial score (nSPS) is 15.6. The molecule has 6 heteroatoms. The molecule has 0 heterocycles. The minimum absolute atomic E-state index is 0.0237. The molecule has 0 fully saturated rings. The zero-order valence-corrected chi connectivity index (χ0v) is 10.3. The van der Waals surface area contributed by atoms with Crippen LogP contribution in [0.3, 0.4) is 0 Å². The Kier molecular flexibility index (Phi) is 6.48. The number of oxime groups is 1. The number of nitrogens with zero attached hydrogens (tertiary/aromatic N) is 2. The summed E-state index contributed by atoms with van der Waals surface area (Å²) < 4.78 is 5.05. The molecule has 0 aliphatic heterocycles. The molecule has 6 nitrogen and oxygen atoms in total. The second-order valence-corrected chi connectivity index (χ2v) is 3.79. The second kappa shape index (κ2) is 7.05. The lowest BCUT2D eigenvalue weighted by Gasteiger charge is -2.24. The number of hydrogen-bond donors (Lipinski definition) is 2. The number of carbonyl (C=O) groups excluding carboxylic acids is 1. The highest BCUT2D eigenvalue weighted by atomic mass is 16.5. The van der Waals surface area contributed by atoms with Gasteiger partial charge < -0.3 is 20.6 Å². The van der Waals surface area contributed by atoms with Crippen molar-refractivity contribution in [2.45, 2.75) is 38.8 Å². The van der Waals surface area contributed by atoms with Gasteiger partial charge in [0.1, 0.15) is 0 Å². The summed E-state index contributed by atoms with van der Waals surface area (Å²) in [4.78, 5) is 13.2. The zero-order chi connectivity index (χ0) is 12.7. The van der Waals surface area contributed by atoms with E-state index in [0.29, 0.717) is 12.8 Å². The average molecular weight is 231 g/mol. The molecule has 2 unspecified atom stereocenters. The Morgan fingerprint density at radius 2 is 2.12 bits per heavy atom. The lowest BCUT2D eigenvalue weighted by Crippen LogP contribution is -2.43. The van der Waals surface area contributed by atoms with Crippen LogP contribution in [0.15, 0.2) is 5.16 Å². The van der Waals surface area contributed by atoms with Crippen molar-refractivity contribution in [3.05, 3.63) is 0 Å². The van der Waals surface area contributed by atoms with Crippen molar-refractivity contribution in [1.82, 2.24) is 4.90 Å². The van der Waals surface area contributed by atoms with Gasteiger partial charge in [0.05, 0.1) is 12.1 Å². The summed E-state index contributed by atoms with van der Waals surface area (Å²) in [5.41, 5.74) is 5.42. The maximum atomic E-state index is 11.7. The molecule has 0 saturated heterocycles. The third-order valence-electron chi connectivity index (χ3n) is 2.68. The number of methoxy groups -OCH3 is 1. The van der Waals surface area contributed by atoms with Gasteiger partial charge in [-0.1, -0.05) is 5.16 Å². The summed E-state index contributed by atoms with van der Waals surface area (Å²) in [6.45, 7) is 3.60. The second-order valence-electron chi connectivity index (χ2n) is 3.79. The molecule has 0 spiro atoms. The van der Waals surface area contributed by atoms with Crippen LogP contribution >= 0.6 is 0 Å². The van der Waals surface area contributed by atoms with Crippen LogP contribution in [0.25, 0.3) is 0 Å². The van der Waals surface area contributed by atoms with Gasteiger partial charge in [0.25, 0.3) is 0 Å². The molecule has 0 bridgehead atoms. The molecule has 0 aromatic heterocycles. The minimum atomic E-state index is -0.407. The van der Waals surface area contributed by atoms with Crippen molar-refractivity contribution >= 4 is 11.7 Å². The van der Waals surface area contributed by atoms with Crippen LogP contribution in [0.5, 0.6) is 0 Å². The number of hydrogen-bond acceptors (Lipinski definition) is 4. The van der Waals surface area contributed by atoms with Gasteiger partial charge in [-0.05, 0) is 20.3 Å². The lowest BCUT2D eigenvalue weighted by atomic mass is 10.2. The van der Waals surface area contributed by atoms with Crippen molar-refractivity contribution < 1.29 is 14.7 Å². The topological polar surface area (TPSA) is 88.2 Å². The van der Waals surface area contributed by atoms with Crippen LogP contribution in [0.1, 0.15) is 26.7 Å². The maximum Gasteiger partial charge on any atom is 0.223 e. The van der Waals surface area contributed by atoms with E-state index in [9.17, 15) is 4.79 Å². The van der Waals surface area contributed by atoms with Crippen molar-refractivity contribution in [1.29, 1.82) is 0 Å². The van der Waals surface area contributed by atoms with E-state index in [2.05, 4.69) is 5.16 Å². The molecule has 3 N–H and O–H groups in total. The number of ether oxygens (including phenoxy) is 1. The van der Waals surface area contributed by atoms with Gasteiger partial charge in [-0.15, -0.1) is 0 Å². The van der Waals surface area contributed by atoms with Crippen molar-refractivity contribution in [2.75, 3.05) is 14.2 Å². The molecule has 94 valence electrons. The van der Waals surface area contributed by atoms with Crippen LogP contribution in [-0.2, 0) is 9.53 Å². The number of amidine groups is 1. The van der Waals surface area contributed by atoms with Crippen LogP contribution in [0, 0.1) is 0 Å². The van der Waals surface area contributed by atoms with Crippen LogP contribution in [0.2, 0.25) is 0 Å². The van der Waals surface area contributed by atoms with Crippen LogP contribution in [0.4, 0.5) is 0 Å². The number of rotatable bonds is 6. The first-order valence-corrected chi connectivity index (χ1v) is 5.19. The molecule has 0 saturated carbocycles. The highest BCUT2D eigenvalue weighted by molar-refractivity contribution is 5.89. The molecule has 0 aromatic carbocycles. The SMILES string of the molecule is COC(C)CCC(=O)N(C)C(C)C(N)=NO. The van der Waals surface area contributed by atoms with Crippen molar-refractivity contribution in [3.63, 3.8) is 0 Å². The molecular weight excluding hydrogens is 210 g/mol. The summed E-state index contributed by atoms with van der Waals surface area (Å²) in [5.74, 6) is -0.0290. The first kappa shape index (κ1) is 14.7. The summed E-state index contributed by atoms with van der Waals surface area (Å²) in [6, 6.07) is -0.407. The Morgan fingerprint density at radius 1 is 1.56 bits per heavy atom. The fraction of sp³-hybridized carbons (Fsp3) is 0.800. The molecule has 0 aliphatic carbocycles. The Hall–Kier alpha value is -1.30. The minimum Gasteiger partial charge on any atom is -0.409 e. The predicted octanol–water partition coefficient (Wildman–Crippen LogP) is 0.395. The zero-order valence-electron chi connectivity index (χ0n) is 10.3. The van der Waals surface area contributed by atoms with Crippen molar-refractivity contribution in [2.24, 2.45) is 10.9 Å². The Balaban J connectivity index is 4.18. The van der Waals surface area contributed by atoms with E-state index in [0.717, 1.165) is 0 Å². The fourth-order valence-electron chi connectivity index (χ4n) is 1.12. The van der Waals surface area contributed by atoms with Crippen LogP contribution < -0.4 is 5.73 Å². The van der Waals surface area contributed by atoms with Gasteiger partial charge in [-0.25, -0.2) is 0 Å². The van der Waals surface area contributed by atoms with E-state index in [1.165, 1.54) is 4.90 Å². The van der Waals surface area contributed by atoms with Crippen molar-refractivity contribution in [3.8, 4) is 0 Å². The van der Waals surface area contributed by atoms with E-state index >= 15 is 0 Å². The quantitative estimate of drug-likeness (QED) is 0.300. The molecular formula is C10H21N3O3. The van der Waals surface area contributed by atoms with E-state index < -0.39 is 6.04 Å². The maximum absolute atomic E-state index is 11.7. The Labute approximate surface area is 96.0 Å². The summed E-state index contributed by atoms with van der Waals surface area (Å²) in [5, 5.41) is 11.4. The summed E-state index contributed by atoms with van der Waals surface area (Å²) in [6.07, 6.45) is 1.09. The number of nitrogens with two attached hydrogens (primary N) is 1. The number of likely N-dealkylation sites (N-methyl/N-ethyl adjacent to an activating group) is 1. The molecule has 0 rings (SSSR count). The Bertz CT molecular complexity index is 256. The van der Waals surface area contributed by atoms with Gasteiger partial charge in [0.2, 0.25) is 5.91 Å². The standard InChI is InChI=1S/C10H21N3O3/c1-7(16-4)5-6-9(14)13(3)8(2)10(11)12-15/h7-8,15H,5-6H2,1-4H3,(H2,11,12). The molecule has 0 aromatic rings.